The number of hydrogen-bond acceptors (Lipinski definition) is 6. The summed E-state index contributed by atoms with van der Waals surface area (Å²) < 4.78 is 5.65. The van der Waals surface area contributed by atoms with E-state index in [9.17, 15) is 4.79 Å². The summed E-state index contributed by atoms with van der Waals surface area (Å²) in [5.41, 5.74) is 0.645. The number of carbonyl (C=O) groups is 1. The van der Waals surface area contributed by atoms with E-state index >= 15 is 0 Å². The molecule has 0 spiro atoms. The third-order valence-electron chi connectivity index (χ3n) is 4.58. The van der Waals surface area contributed by atoms with Crippen molar-refractivity contribution in [2.45, 2.75) is 52.0 Å². The lowest BCUT2D eigenvalue weighted by Crippen LogP contribution is -2.39. The van der Waals surface area contributed by atoms with Crippen LogP contribution in [0, 0.1) is 12.8 Å². The van der Waals surface area contributed by atoms with Crippen LogP contribution in [0.2, 0.25) is 0 Å². The van der Waals surface area contributed by atoms with Gasteiger partial charge in [0.05, 0.1) is 5.69 Å². The zero-order valence-electron chi connectivity index (χ0n) is 15.0. The van der Waals surface area contributed by atoms with E-state index < -0.39 is 0 Å². The van der Waals surface area contributed by atoms with Crippen molar-refractivity contribution >= 4 is 11.9 Å². The molecule has 0 aliphatic heterocycles. The molecule has 25 heavy (non-hydrogen) atoms. The molecule has 0 saturated heterocycles. The van der Waals surface area contributed by atoms with E-state index in [4.69, 9.17) is 4.42 Å². The minimum Gasteiger partial charge on any atom is -0.435 e. The molecule has 7 nitrogen and oxygen atoms in total. The number of amides is 1. The number of carbonyl (C=O) groups excluding carboxylic acids is 1. The molecule has 3 rings (SSSR count). The monoisotopic (exact) mass is 343 g/mol. The molecule has 1 fully saturated rings. The number of nitrogens with one attached hydrogen (secondary N) is 2. The summed E-state index contributed by atoms with van der Waals surface area (Å²) in [7, 11) is 0. The van der Waals surface area contributed by atoms with Gasteiger partial charge in [-0.3, -0.25) is 4.79 Å². The second-order valence-corrected chi connectivity index (χ2v) is 6.85. The maximum absolute atomic E-state index is 12.6. The lowest BCUT2D eigenvalue weighted by atomic mass is 10.0. The van der Waals surface area contributed by atoms with Gasteiger partial charge in [-0.2, -0.15) is 0 Å². The Hall–Kier alpha value is -2.44. The first kappa shape index (κ1) is 17.4. The molecule has 2 N–H and O–H groups in total. The number of aryl methyl sites for hydroxylation is 1. The zero-order valence-corrected chi connectivity index (χ0v) is 15.0. The van der Waals surface area contributed by atoms with E-state index in [1.165, 1.54) is 0 Å². The van der Waals surface area contributed by atoms with Crippen molar-refractivity contribution < 1.29 is 9.21 Å². The van der Waals surface area contributed by atoms with Gasteiger partial charge in [0, 0.05) is 30.9 Å². The van der Waals surface area contributed by atoms with Gasteiger partial charge in [0.25, 0.3) is 5.91 Å². The van der Waals surface area contributed by atoms with E-state index in [2.05, 4.69) is 25.6 Å². The molecule has 2 heterocycles. The summed E-state index contributed by atoms with van der Waals surface area (Å²) in [5.74, 6) is 1.88. The van der Waals surface area contributed by atoms with Gasteiger partial charge in [-0.25, -0.2) is 15.0 Å². The van der Waals surface area contributed by atoms with E-state index in [1.807, 2.05) is 20.8 Å². The van der Waals surface area contributed by atoms with Crippen molar-refractivity contribution in [2.24, 2.45) is 5.92 Å². The van der Waals surface area contributed by atoms with Crippen molar-refractivity contribution in [2.75, 3.05) is 11.9 Å². The fourth-order valence-corrected chi connectivity index (χ4v) is 3.19. The summed E-state index contributed by atoms with van der Waals surface area (Å²) in [6, 6.07) is 1.91. The molecule has 2 aromatic rings. The Kier molecular flexibility index (Phi) is 5.31. The number of anilines is 1. The first-order valence-corrected chi connectivity index (χ1v) is 8.83. The average Bonchev–Trinajstić information content (AvgIpc) is 3.20. The van der Waals surface area contributed by atoms with Crippen molar-refractivity contribution in [3.8, 4) is 0 Å². The Morgan fingerprint density at radius 2 is 2.08 bits per heavy atom. The lowest BCUT2D eigenvalue weighted by Gasteiger charge is -2.21. The normalized spacial score (nSPS) is 20.0. The molecule has 7 heteroatoms. The highest BCUT2D eigenvalue weighted by Gasteiger charge is 2.30. The molecule has 2 atom stereocenters. The summed E-state index contributed by atoms with van der Waals surface area (Å²) >= 11 is 0. The Morgan fingerprint density at radius 3 is 2.76 bits per heavy atom. The third-order valence-corrected chi connectivity index (χ3v) is 4.58. The molecular weight excluding hydrogens is 318 g/mol. The summed E-state index contributed by atoms with van der Waals surface area (Å²) in [6.45, 7) is 6.54. The van der Waals surface area contributed by atoms with Crippen molar-refractivity contribution in [1.29, 1.82) is 0 Å². The van der Waals surface area contributed by atoms with Crippen LogP contribution in [0.1, 0.15) is 61.2 Å². The standard InChI is InChI=1S/C18H25N5O2/c1-11(2)17-22-12(3)15(25-17)16(24)23-14-7-4-6-13(14)10-21-18-19-8-5-9-20-18/h5,8-9,11,13-14H,4,6-7,10H2,1-3H3,(H,23,24)(H,19,20,21). The van der Waals surface area contributed by atoms with Crippen LogP contribution in [-0.4, -0.2) is 33.4 Å². The molecular formula is C18H25N5O2. The lowest BCUT2D eigenvalue weighted by molar-refractivity contribution is 0.0898. The highest BCUT2D eigenvalue weighted by atomic mass is 16.4. The Labute approximate surface area is 147 Å². The van der Waals surface area contributed by atoms with Gasteiger partial charge < -0.3 is 15.1 Å². The summed E-state index contributed by atoms with van der Waals surface area (Å²) in [5, 5.41) is 6.37. The number of rotatable bonds is 6. The molecule has 2 unspecified atom stereocenters. The van der Waals surface area contributed by atoms with E-state index in [0.717, 1.165) is 25.8 Å². The number of oxazole rings is 1. The SMILES string of the molecule is Cc1nc(C(C)C)oc1C(=O)NC1CCCC1CNc1ncccn1. The average molecular weight is 343 g/mol. The van der Waals surface area contributed by atoms with Gasteiger partial charge in [-0.05, 0) is 31.7 Å². The van der Waals surface area contributed by atoms with Crippen LogP contribution in [0.3, 0.4) is 0 Å². The molecule has 0 bridgehead atoms. The summed E-state index contributed by atoms with van der Waals surface area (Å²) in [6.07, 6.45) is 6.55. The molecule has 1 amide bonds. The fourth-order valence-electron chi connectivity index (χ4n) is 3.19. The van der Waals surface area contributed by atoms with Crippen molar-refractivity contribution in [1.82, 2.24) is 20.3 Å². The predicted molar refractivity (Wildman–Crippen MR) is 94.4 cm³/mol. The van der Waals surface area contributed by atoms with Crippen LogP contribution in [0.5, 0.6) is 0 Å². The van der Waals surface area contributed by atoms with Crippen LogP contribution in [0.25, 0.3) is 0 Å². The van der Waals surface area contributed by atoms with E-state index in [0.29, 0.717) is 29.2 Å². The van der Waals surface area contributed by atoms with Crippen LogP contribution >= 0.6 is 0 Å². The van der Waals surface area contributed by atoms with Crippen LogP contribution in [0.4, 0.5) is 5.95 Å². The second-order valence-electron chi connectivity index (χ2n) is 6.85. The highest BCUT2D eigenvalue weighted by Crippen LogP contribution is 2.26. The topological polar surface area (TPSA) is 92.9 Å². The predicted octanol–water partition coefficient (Wildman–Crippen LogP) is 2.91. The molecule has 134 valence electrons. The largest absolute Gasteiger partial charge is 0.435 e. The smallest absolute Gasteiger partial charge is 0.289 e. The van der Waals surface area contributed by atoms with Crippen LogP contribution in [-0.2, 0) is 0 Å². The number of aromatic nitrogens is 3. The maximum Gasteiger partial charge on any atom is 0.289 e. The van der Waals surface area contributed by atoms with E-state index in [-0.39, 0.29) is 17.9 Å². The number of hydrogen-bond donors (Lipinski definition) is 2. The molecule has 0 aromatic carbocycles. The first-order chi connectivity index (χ1) is 12.0. The van der Waals surface area contributed by atoms with Gasteiger partial charge in [0.15, 0.2) is 5.89 Å². The Morgan fingerprint density at radius 1 is 1.32 bits per heavy atom. The first-order valence-electron chi connectivity index (χ1n) is 8.83. The molecule has 1 aliphatic carbocycles. The van der Waals surface area contributed by atoms with Gasteiger partial charge in [-0.1, -0.05) is 20.3 Å². The molecule has 2 aromatic heterocycles. The van der Waals surface area contributed by atoms with E-state index in [1.54, 1.807) is 18.5 Å². The maximum atomic E-state index is 12.6. The van der Waals surface area contributed by atoms with Gasteiger partial charge in [-0.15, -0.1) is 0 Å². The summed E-state index contributed by atoms with van der Waals surface area (Å²) in [4.78, 5) is 25.3. The number of nitrogens with zero attached hydrogens (tertiary/aromatic N) is 3. The Balaban J connectivity index is 1.60. The molecule has 1 aliphatic rings. The van der Waals surface area contributed by atoms with Crippen molar-refractivity contribution in [3.63, 3.8) is 0 Å². The van der Waals surface area contributed by atoms with Gasteiger partial charge >= 0.3 is 0 Å². The fraction of sp³-hybridized carbons (Fsp3) is 0.556. The Bertz CT molecular complexity index is 714. The highest BCUT2D eigenvalue weighted by molar-refractivity contribution is 5.92. The van der Waals surface area contributed by atoms with Gasteiger partial charge in [0.1, 0.15) is 0 Å². The second kappa shape index (κ2) is 7.63. The quantitative estimate of drug-likeness (QED) is 0.838. The van der Waals surface area contributed by atoms with Gasteiger partial charge in [0.2, 0.25) is 11.7 Å². The van der Waals surface area contributed by atoms with Crippen molar-refractivity contribution in [3.05, 3.63) is 35.8 Å². The zero-order chi connectivity index (χ0) is 17.8. The molecule has 0 radical (unpaired) electrons. The molecule has 1 saturated carbocycles. The minimum absolute atomic E-state index is 0.121. The minimum atomic E-state index is -0.176. The third kappa shape index (κ3) is 4.15. The van der Waals surface area contributed by atoms with Crippen LogP contribution in [0.15, 0.2) is 22.9 Å². The van der Waals surface area contributed by atoms with Crippen LogP contribution < -0.4 is 10.6 Å².